The number of carbonyl (C=O) groups excluding carboxylic acids is 1. The van der Waals surface area contributed by atoms with Crippen LogP contribution >= 0.6 is 15.9 Å². The summed E-state index contributed by atoms with van der Waals surface area (Å²) in [5.41, 5.74) is 0. The standard InChI is InChI=1S/C12H12BrNO4/c13-10-5-3-8(18-10)4-6-11(15)14-7-1-2-9(14)12(16)17/h3-6,9H,1-2,7H2,(H,16,17)/b6-4+/t9-/m0/s1. The van der Waals surface area contributed by atoms with Gasteiger partial charge in [0, 0.05) is 12.6 Å². The van der Waals surface area contributed by atoms with E-state index in [0.29, 0.717) is 23.4 Å². The maximum absolute atomic E-state index is 11.9. The first-order chi connectivity index (χ1) is 8.58. The Morgan fingerprint density at radius 2 is 2.28 bits per heavy atom. The van der Waals surface area contributed by atoms with Crippen LogP contribution in [-0.4, -0.2) is 34.5 Å². The van der Waals surface area contributed by atoms with Crippen LogP contribution in [0.2, 0.25) is 0 Å². The Balaban J connectivity index is 2.03. The molecule has 1 aromatic rings. The van der Waals surface area contributed by atoms with Crippen molar-refractivity contribution in [3.8, 4) is 0 Å². The second-order valence-electron chi connectivity index (χ2n) is 4.00. The van der Waals surface area contributed by atoms with Crippen molar-refractivity contribution in [1.82, 2.24) is 4.90 Å². The average molecular weight is 314 g/mol. The van der Waals surface area contributed by atoms with Crippen LogP contribution in [0, 0.1) is 0 Å². The fraction of sp³-hybridized carbons (Fsp3) is 0.333. The van der Waals surface area contributed by atoms with Gasteiger partial charge in [0.15, 0.2) is 4.67 Å². The summed E-state index contributed by atoms with van der Waals surface area (Å²) in [4.78, 5) is 24.2. The molecule has 2 heterocycles. The van der Waals surface area contributed by atoms with E-state index in [1.54, 1.807) is 12.1 Å². The first-order valence-electron chi connectivity index (χ1n) is 5.55. The van der Waals surface area contributed by atoms with Gasteiger partial charge in [-0.05, 0) is 47.0 Å². The van der Waals surface area contributed by atoms with Crippen molar-refractivity contribution in [3.05, 3.63) is 28.6 Å². The van der Waals surface area contributed by atoms with E-state index in [0.717, 1.165) is 6.42 Å². The number of furan rings is 1. The number of hydrogen-bond donors (Lipinski definition) is 1. The molecule has 5 nitrogen and oxygen atoms in total. The van der Waals surface area contributed by atoms with Crippen LogP contribution in [0.1, 0.15) is 18.6 Å². The van der Waals surface area contributed by atoms with Gasteiger partial charge in [-0.3, -0.25) is 4.79 Å². The minimum Gasteiger partial charge on any atom is -0.480 e. The van der Waals surface area contributed by atoms with E-state index in [2.05, 4.69) is 15.9 Å². The lowest BCUT2D eigenvalue weighted by atomic mass is 10.2. The maximum atomic E-state index is 11.9. The van der Waals surface area contributed by atoms with E-state index in [-0.39, 0.29) is 5.91 Å². The molecule has 1 aliphatic rings. The highest BCUT2D eigenvalue weighted by Gasteiger charge is 2.32. The molecular formula is C12H12BrNO4. The maximum Gasteiger partial charge on any atom is 0.326 e. The van der Waals surface area contributed by atoms with E-state index < -0.39 is 12.0 Å². The Bertz CT molecular complexity index is 494. The number of aliphatic carboxylic acids is 1. The topological polar surface area (TPSA) is 70.8 Å². The molecule has 0 unspecified atom stereocenters. The molecule has 1 atom stereocenters. The van der Waals surface area contributed by atoms with Crippen molar-refractivity contribution in [2.75, 3.05) is 6.54 Å². The van der Waals surface area contributed by atoms with Crippen LogP contribution < -0.4 is 0 Å². The molecule has 0 radical (unpaired) electrons. The van der Waals surface area contributed by atoms with Gasteiger partial charge in [-0.15, -0.1) is 0 Å². The van der Waals surface area contributed by atoms with Gasteiger partial charge >= 0.3 is 5.97 Å². The molecule has 96 valence electrons. The monoisotopic (exact) mass is 313 g/mol. The van der Waals surface area contributed by atoms with Crippen molar-refractivity contribution in [1.29, 1.82) is 0 Å². The SMILES string of the molecule is O=C(O)[C@@H]1CCCN1C(=O)/C=C/c1ccc(Br)o1. The average Bonchev–Trinajstić information content (AvgIpc) is 2.94. The molecule has 6 heteroatoms. The third kappa shape index (κ3) is 2.81. The van der Waals surface area contributed by atoms with Crippen molar-refractivity contribution < 1.29 is 19.1 Å². The van der Waals surface area contributed by atoms with Crippen LogP contribution in [0.5, 0.6) is 0 Å². The van der Waals surface area contributed by atoms with E-state index in [1.165, 1.54) is 17.1 Å². The summed E-state index contributed by atoms with van der Waals surface area (Å²) in [5.74, 6) is -0.705. The molecule has 1 aromatic heterocycles. The smallest absolute Gasteiger partial charge is 0.326 e. The summed E-state index contributed by atoms with van der Waals surface area (Å²) in [6.45, 7) is 0.488. The number of carboxylic acid groups (broad SMARTS) is 1. The largest absolute Gasteiger partial charge is 0.480 e. The molecule has 0 bridgehead atoms. The fourth-order valence-corrected chi connectivity index (χ4v) is 2.27. The number of amides is 1. The molecule has 1 saturated heterocycles. The number of nitrogens with zero attached hydrogens (tertiary/aromatic N) is 1. The number of likely N-dealkylation sites (tertiary alicyclic amines) is 1. The lowest BCUT2D eigenvalue weighted by Crippen LogP contribution is -2.39. The van der Waals surface area contributed by atoms with Crippen LogP contribution in [0.3, 0.4) is 0 Å². The van der Waals surface area contributed by atoms with Crippen molar-refractivity contribution in [3.63, 3.8) is 0 Å². The van der Waals surface area contributed by atoms with Crippen LogP contribution in [0.15, 0.2) is 27.3 Å². The zero-order valence-electron chi connectivity index (χ0n) is 9.51. The number of carbonyl (C=O) groups is 2. The number of rotatable bonds is 3. The second-order valence-corrected chi connectivity index (χ2v) is 4.78. The summed E-state index contributed by atoms with van der Waals surface area (Å²) in [6, 6.07) is 2.73. The summed E-state index contributed by atoms with van der Waals surface area (Å²) < 4.78 is 5.80. The lowest BCUT2D eigenvalue weighted by Gasteiger charge is -2.19. The van der Waals surface area contributed by atoms with Gasteiger partial charge in [0.05, 0.1) is 0 Å². The highest BCUT2D eigenvalue weighted by atomic mass is 79.9. The Kier molecular flexibility index (Phi) is 3.86. The van der Waals surface area contributed by atoms with E-state index >= 15 is 0 Å². The van der Waals surface area contributed by atoms with Crippen LogP contribution in [-0.2, 0) is 9.59 Å². The lowest BCUT2D eigenvalue weighted by molar-refractivity contribution is -0.146. The third-order valence-electron chi connectivity index (χ3n) is 2.81. The summed E-state index contributed by atoms with van der Waals surface area (Å²) >= 11 is 3.16. The Hall–Kier alpha value is -1.56. The molecule has 1 aliphatic heterocycles. The summed E-state index contributed by atoms with van der Waals surface area (Å²) in [5, 5.41) is 8.98. The van der Waals surface area contributed by atoms with Crippen LogP contribution in [0.25, 0.3) is 6.08 Å². The van der Waals surface area contributed by atoms with Crippen molar-refractivity contribution in [2.24, 2.45) is 0 Å². The molecule has 1 fully saturated rings. The molecule has 0 aromatic carbocycles. The molecule has 1 amide bonds. The zero-order chi connectivity index (χ0) is 13.1. The number of carboxylic acids is 1. The van der Waals surface area contributed by atoms with Gasteiger partial charge in [0.25, 0.3) is 0 Å². The highest BCUT2D eigenvalue weighted by molar-refractivity contribution is 9.10. The van der Waals surface area contributed by atoms with Gasteiger partial charge < -0.3 is 14.4 Å². The Morgan fingerprint density at radius 3 is 2.89 bits per heavy atom. The van der Waals surface area contributed by atoms with Gasteiger partial charge in [-0.2, -0.15) is 0 Å². The minimum absolute atomic E-state index is 0.299. The highest BCUT2D eigenvalue weighted by Crippen LogP contribution is 2.19. The summed E-state index contributed by atoms with van der Waals surface area (Å²) in [6.07, 6.45) is 4.11. The van der Waals surface area contributed by atoms with E-state index in [1.807, 2.05) is 0 Å². The minimum atomic E-state index is -0.949. The number of hydrogen-bond acceptors (Lipinski definition) is 3. The third-order valence-corrected chi connectivity index (χ3v) is 3.23. The van der Waals surface area contributed by atoms with Gasteiger partial charge in [-0.25, -0.2) is 4.79 Å². The Morgan fingerprint density at radius 1 is 1.50 bits per heavy atom. The number of halogens is 1. The summed E-state index contributed by atoms with van der Waals surface area (Å²) in [7, 11) is 0. The predicted octanol–water partition coefficient (Wildman–Crippen LogP) is 2.13. The van der Waals surface area contributed by atoms with Crippen molar-refractivity contribution >= 4 is 33.9 Å². The molecule has 1 N–H and O–H groups in total. The van der Waals surface area contributed by atoms with Crippen LogP contribution in [0.4, 0.5) is 0 Å². The zero-order valence-corrected chi connectivity index (χ0v) is 11.1. The van der Waals surface area contributed by atoms with E-state index in [9.17, 15) is 9.59 Å². The molecule has 0 saturated carbocycles. The molecule has 0 aliphatic carbocycles. The molecule has 2 rings (SSSR count). The first kappa shape index (κ1) is 12.9. The molecule has 0 spiro atoms. The second kappa shape index (κ2) is 5.39. The fourth-order valence-electron chi connectivity index (χ4n) is 1.95. The quantitative estimate of drug-likeness (QED) is 0.868. The first-order valence-corrected chi connectivity index (χ1v) is 6.34. The van der Waals surface area contributed by atoms with Gasteiger partial charge in [0.2, 0.25) is 5.91 Å². The van der Waals surface area contributed by atoms with Crippen molar-refractivity contribution in [2.45, 2.75) is 18.9 Å². The van der Waals surface area contributed by atoms with E-state index in [4.69, 9.17) is 9.52 Å². The van der Waals surface area contributed by atoms with Gasteiger partial charge in [-0.1, -0.05) is 0 Å². The molecule has 18 heavy (non-hydrogen) atoms. The Labute approximate surface area is 112 Å². The normalized spacial score (nSPS) is 19.6. The predicted molar refractivity (Wildman–Crippen MR) is 67.8 cm³/mol. The van der Waals surface area contributed by atoms with Gasteiger partial charge in [0.1, 0.15) is 11.8 Å². The molecular weight excluding hydrogens is 302 g/mol.